The third kappa shape index (κ3) is 3.72. The molecule has 0 bridgehead atoms. The molecular formula is C20H16F3NO5. The van der Waals surface area contributed by atoms with Crippen molar-refractivity contribution in [2.45, 2.75) is 31.5 Å². The van der Waals surface area contributed by atoms with E-state index in [0.717, 1.165) is 12.1 Å². The maximum absolute atomic E-state index is 12.8. The molecule has 29 heavy (non-hydrogen) atoms. The highest BCUT2D eigenvalue weighted by Gasteiger charge is 2.41. The van der Waals surface area contributed by atoms with Crippen molar-refractivity contribution in [3.05, 3.63) is 53.1 Å². The quantitative estimate of drug-likeness (QED) is 0.821. The Morgan fingerprint density at radius 3 is 2.59 bits per heavy atom. The van der Waals surface area contributed by atoms with Gasteiger partial charge in [-0.3, -0.25) is 10.1 Å². The number of rotatable bonds is 3. The second kappa shape index (κ2) is 6.98. The van der Waals surface area contributed by atoms with Crippen LogP contribution in [0.4, 0.5) is 18.0 Å². The van der Waals surface area contributed by atoms with Gasteiger partial charge in [0.25, 0.3) is 5.91 Å². The van der Waals surface area contributed by atoms with E-state index in [-0.39, 0.29) is 11.7 Å². The molecule has 2 aliphatic heterocycles. The Hall–Kier alpha value is -3.23. The van der Waals surface area contributed by atoms with E-state index in [1.807, 2.05) is 0 Å². The summed E-state index contributed by atoms with van der Waals surface area (Å²) in [6.07, 6.45) is -5.62. The molecule has 2 aromatic carbocycles. The molecule has 6 nitrogen and oxygen atoms in total. The standard InChI is InChI=1S/C20H16F3NO5/c1-10-8-11(20(21,22)23)2-5-15(10)28-12-3-4-13-14(6-7-27-16(13)9-12)17-18(25)24-19(26)29-17/h2-5,8-9,14,17H,6-7H2,1H3,(H,24,25,26)/t14-,17?/m1/s1. The summed E-state index contributed by atoms with van der Waals surface area (Å²) in [6.45, 7) is 1.85. The lowest BCUT2D eigenvalue weighted by molar-refractivity contribution is -0.137. The Kier molecular flexibility index (Phi) is 4.60. The minimum Gasteiger partial charge on any atom is -0.493 e. The van der Waals surface area contributed by atoms with Crippen molar-refractivity contribution in [2.75, 3.05) is 6.61 Å². The molecule has 2 heterocycles. The fourth-order valence-corrected chi connectivity index (χ4v) is 3.48. The molecule has 2 aliphatic rings. The average molecular weight is 407 g/mol. The maximum Gasteiger partial charge on any atom is 0.416 e. The first-order valence-corrected chi connectivity index (χ1v) is 8.86. The number of carbonyl (C=O) groups is 2. The van der Waals surface area contributed by atoms with Crippen LogP contribution in [0.15, 0.2) is 36.4 Å². The SMILES string of the molecule is Cc1cc(C(F)(F)F)ccc1Oc1ccc2c(c1)OCC[C@H]2C1OC(=O)NC1=O. The zero-order chi connectivity index (χ0) is 20.8. The number of aryl methyl sites for hydroxylation is 1. The molecule has 1 saturated heterocycles. The fraction of sp³-hybridized carbons (Fsp3) is 0.300. The van der Waals surface area contributed by atoms with Crippen molar-refractivity contribution < 1.29 is 37.0 Å². The van der Waals surface area contributed by atoms with E-state index in [4.69, 9.17) is 14.2 Å². The van der Waals surface area contributed by atoms with Gasteiger partial charge in [0.2, 0.25) is 0 Å². The van der Waals surface area contributed by atoms with Gasteiger partial charge in [0, 0.05) is 17.5 Å². The smallest absolute Gasteiger partial charge is 0.416 e. The van der Waals surface area contributed by atoms with Crippen molar-refractivity contribution in [1.82, 2.24) is 5.32 Å². The van der Waals surface area contributed by atoms with Crippen LogP contribution >= 0.6 is 0 Å². The fourth-order valence-electron chi connectivity index (χ4n) is 3.48. The third-order valence-electron chi connectivity index (χ3n) is 4.88. The molecule has 1 unspecified atom stereocenters. The summed E-state index contributed by atoms with van der Waals surface area (Å²) >= 11 is 0. The summed E-state index contributed by atoms with van der Waals surface area (Å²) in [5.74, 6) is 0.286. The lowest BCUT2D eigenvalue weighted by atomic mass is 9.88. The van der Waals surface area contributed by atoms with Gasteiger partial charge in [-0.2, -0.15) is 13.2 Å². The molecule has 1 N–H and O–H groups in total. The topological polar surface area (TPSA) is 73.9 Å². The van der Waals surface area contributed by atoms with Crippen LogP contribution in [0.2, 0.25) is 0 Å². The third-order valence-corrected chi connectivity index (χ3v) is 4.88. The molecule has 2 atom stereocenters. The van der Waals surface area contributed by atoms with Gasteiger partial charge in [0.05, 0.1) is 12.2 Å². The summed E-state index contributed by atoms with van der Waals surface area (Å²) in [4.78, 5) is 23.3. The second-order valence-electron chi connectivity index (χ2n) is 6.84. The van der Waals surface area contributed by atoms with Crippen LogP contribution in [0, 0.1) is 6.92 Å². The molecule has 0 aromatic heterocycles. The number of ether oxygens (including phenoxy) is 3. The Bertz CT molecular complexity index is 989. The molecule has 0 radical (unpaired) electrons. The molecule has 4 rings (SSSR count). The molecule has 152 valence electrons. The monoisotopic (exact) mass is 407 g/mol. The number of hydrogen-bond acceptors (Lipinski definition) is 5. The molecule has 0 aliphatic carbocycles. The van der Waals surface area contributed by atoms with Crippen molar-refractivity contribution in [2.24, 2.45) is 0 Å². The number of amides is 2. The number of carbonyl (C=O) groups excluding carboxylic acids is 2. The summed E-state index contributed by atoms with van der Waals surface area (Å²) in [5.41, 5.74) is 0.289. The first kappa shape index (κ1) is 19.1. The van der Waals surface area contributed by atoms with Crippen molar-refractivity contribution in [3.63, 3.8) is 0 Å². The van der Waals surface area contributed by atoms with Crippen molar-refractivity contribution >= 4 is 12.0 Å². The highest BCUT2D eigenvalue weighted by Crippen LogP contribution is 2.41. The lowest BCUT2D eigenvalue weighted by Crippen LogP contribution is -2.32. The summed E-state index contributed by atoms with van der Waals surface area (Å²) in [5, 5.41) is 2.11. The first-order chi connectivity index (χ1) is 13.7. The number of benzene rings is 2. The van der Waals surface area contributed by atoms with Crippen LogP contribution in [0.3, 0.4) is 0 Å². The van der Waals surface area contributed by atoms with Crippen molar-refractivity contribution in [3.8, 4) is 17.2 Å². The van der Waals surface area contributed by atoms with E-state index in [9.17, 15) is 22.8 Å². The number of fused-ring (bicyclic) bond motifs is 1. The largest absolute Gasteiger partial charge is 0.493 e. The van der Waals surface area contributed by atoms with Crippen molar-refractivity contribution in [1.29, 1.82) is 0 Å². The minimum absolute atomic E-state index is 0.286. The average Bonchev–Trinajstić information content (AvgIpc) is 3.00. The zero-order valence-corrected chi connectivity index (χ0v) is 15.2. The Labute approximate surface area is 163 Å². The second-order valence-corrected chi connectivity index (χ2v) is 6.84. The van der Waals surface area contributed by atoms with E-state index < -0.39 is 29.8 Å². The van der Waals surface area contributed by atoms with Gasteiger partial charge in [-0.15, -0.1) is 0 Å². The molecule has 2 aromatic rings. The van der Waals surface area contributed by atoms with Crippen LogP contribution in [0.25, 0.3) is 0 Å². The summed E-state index contributed by atoms with van der Waals surface area (Å²) in [6, 6.07) is 8.18. The number of hydrogen-bond donors (Lipinski definition) is 1. The van der Waals surface area contributed by atoms with Crippen LogP contribution < -0.4 is 14.8 Å². The number of nitrogens with one attached hydrogen (secondary N) is 1. The number of cyclic esters (lactones) is 1. The van der Waals surface area contributed by atoms with E-state index in [2.05, 4.69) is 5.32 Å². The molecule has 0 spiro atoms. The van der Waals surface area contributed by atoms with Crippen LogP contribution in [-0.2, 0) is 15.7 Å². The van der Waals surface area contributed by atoms with Crippen LogP contribution in [0.5, 0.6) is 17.2 Å². The van der Waals surface area contributed by atoms with Crippen LogP contribution in [-0.4, -0.2) is 24.7 Å². The predicted octanol–water partition coefficient (Wildman–Crippen LogP) is 4.31. The zero-order valence-electron chi connectivity index (χ0n) is 15.2. The normalized spacial score (nSPS) is 21.1. The first-order valence-electron chi connectivity index (χ1n) is 8.86. The minimum atomic E-state index is -4.42. The number of halogens is 3. The van der Waals surface area contributed by atoms with Gasteiger partial charge in [0.15, 0.2) is 6.10 Å². The number of alkyl carbamates (subject to hydrolysis) is 1. The van der Waals surface area contributed by atoms with Gasteiger partial charge in [-0.05, 0) is 43.2 Å². The summed E-state index contributed by atoms with van der Waals surface area (Å²) in [7, 11) is 0. The maximum atomic E-state index is 12.8. The number of alkyl halides is 3. The molecule has 1 fully saturated rings. The van der Waals surface area contributed by atoms with Gasteiger partial charge in [-0.1, -0.05) is 6.07 Å². The van der Waals surface area contributed by atoms with E-state index in [1.165, 1.54) is 13.0 Å². The Morgan fingerprint density at radius 1 is 1.14 bits per heavy atom. The van der Waals surface area contributed by atoms with E-state index >= 15 is 0 Å². The van der Waals surface area contributed by atoms with Gasteiger partial charge >= 0.3 is 12.3 Å². The summed E-state index contributed by atoms with van der Waals surface area (Å²) < 4.78 is 54.9. The van der Waals surface area contributed by atoms with E-state index in [1.54, 1.807) is 18.2 Å². The molecular weight excluding hydrogens is 391 g/mol. The molecule has 0 saturated carbocycles. The highest BCUT2D eigenvalue weighted by atomic mass is 19.4. The molecule has 2 amide bonds. The van der Waals surface area contributed by atoms with Gasteiger partial charge in [0.1, 0.15) is 17.2 Å². The lowest BCUT2D eigenvalue weighted by Gasteiger charge is -2.28. The predicted molar refractivity (Wildman–Crippen MR) is 94.0 cm³/mol. The highest BCUT2D eigenvalue weighted by molar-refractivity contribution is 6.00. The Balaban J connectivity index is 1.57. The number of imide groups is 1. The Morgan fingerprint density at radius 2 is 1.93 bits per heavy atom. The van der Waals surface area contributed by atoms with Gasteiger partial charge in [-0.25, -0.2) is 4.79 Å². The van der Waals surface area contributed by atoms with E-state index in [0.29, 0.717) is 35.7 Å². The molecule has 9 heteroatoms. The van der Waals surface area contributed by atoms with Crippen LogP contribution in [0.1, 0.15) is 29.0 Å². The van der Waals surface area contributed by atoms with Gasteiger partial charge < -0.3 is 14.2 Å².